The average Bonchev–Trinajstić information content (AvgIpc) is 2.74. The fourth-order valence-corrected chi connectivity index (χ4v) is 2.05. The summed E-state index contributed by atoms with van der Waals surface area (Å²) in [6.45, 7) is 7.76. The molecule has 1 aliphatic heterocycles. The van der Waals surface area contributed by atoms with Crippen molar-refractivity contribution in [3.63, 3.8) is 0 Å². The molecule has 20 heavy (non-hydrogen) atoms. The van der Waals surface area contributed by atoms with Gasteiger partial charge >= 0.3 is 5.97 Å². The molecule has 1 rings (SSSR count). The Morgan fingerprint density at radius 2 is 1.75 bits per heavy atom. The van der Waals surface area contributed by atoms with Crippen molar-refractivity contribution in [2.45, 2.75) is 59.1 Å². The second-order valence-corrected chi connectivity index (χ2v) is 5.21. The summed E-state index contributed by atoms with van der Waals surface area (Å²) in [5.41, 5.74) is 0. The molecule has 0 aromatic carbocycles. The highest BCUT2D eigenvalue weighted by atomic mass is 16.5. The van der Waals surface area contributed by atoms with Crippen molar-refractivity contribution in [3.05, 3.63) is 12.2 Å². The van der Waals surface area contributed by atoms with Crippen molar-refractivity contribution in [2.75, 3.05) is 0 Å². The van der Waals surface area contributed by atoms with Crippen LogP contribution < -0.4 is 0 Å². The first kappa shape index (κ1) is 16.4. The van der Waals surface area contributed by atoms with Crippen molar-refractivity contribution in [1.29, 1.82) is 0 Å². The SMILES string of the molecule is CCCC(C(=O)OC(C)C(C)CC)N1C(=O)C=CC1=O. The van der Waals surface area contributed by atoms with Crippen LogP contribution in [0.3, 0.4) is 0 Å². The second-order valence-electron chi connectivity index (χ2n) is 5.21. The van der Waals surface area contributed by atoms with Crippen LogP contribution in [0.25, 0.3) is 0 Å². The van der Waals surface area contributed by atoms with E-state index in [-0.39, 0.29) is 12.0 Å². The number of carbonyl (C=O) groups excluding carboxylic acids is 3. The lowest BCUT2D eigenvalue weighted by atomic mass is 10.0. The summed E-state index contributed by atoms with van der Waals surface area (Å²) in [5.74, 6) is -1.14. The number of hydrogen-bond donors (Lipinski definition) is 0. The lowest BCUT2D eigenvalue weighted by molar-refractivity contribution is -0.163. The van der Waals surface area contributed by atoms with Crippen LogP contribution in [-0.4, -0.2) is 34.8 Å². The van der Waals surface area contributed by atoms with E-state index in [4.69, 9.17) is 4.74 Å². The van der Waals surface area contributed by atoms with Gasteiger partial charge in [-0.15, -0.1) is 0 Å². The Bertz CT molecular complexity index is 398. The van der Waals surface area contributed by atoms with E-state index in [0.29, 0.717) is 12.8 Å². The number of imide groups is 1. The molecule has 0 spiro atoms. The standard InChI is InChI=1S/C15H23NO4/c1-5-7-12(16-13(17)8-9-14(16)18)15(19)20-11(4)10(3)6-2/h8-12H,5-7H2,1-4H3. The lowest BCUT2D eigenvalue weighted by Gasteiger charge is -2.27. The predicted molar refractivity (Wildman–Crippen MR) is 74.7 cm³/mol. The van der Waals surface area contributed by atoms with Gasteiger partial charge in [-0.05, 0) is 19.3 Å². The van der Waals surface area contributed by atoms with Gasteiger partial charge in [-0.3, -0.25) is 14.5 Å². The van der Waals surface area contributed by atoms with Gasteiger partial charge in [0.1, 0.15) is 12.1 Å². The number of ether oxygens (including phenoxy) is 1. The second kappa shape index (κ2) is 7.22. The maximum Gasteiger partial charge on any atom is 0.329 e. The summed E-state index contributed by atoms with van der Waals surface area (Å²) in [4.78, 5) is 36.6. The van der Waals surface area contributed by atoms with Crippen molar-refractivity contribution >= 4 is 17.8 Å². The molecule has 0 aliphatic carbocycles. The van der Waals surface area contributed by atoms with Gasteiger partial charge in [0.25, 0.3) is 11.8 Å². The van der Waals surface area contributed by atoms with Crippen LogP contribution in [-0.2, 0) is 19.1 Å². The maximum atomic E-state index is 12.2. The Kier molecular flexibility index (Phi) is 5.92. The summed E-state index contributed by atoms with van der Waals surface area (Å²) in [6, 6.07) is -0.818. The molecule has 0 saturated heterocycles. The quantitative estimate of drug-likeness (QED) is 0.529. The smallest absolute Gasteiger partial charge is 0.329 e. The van der Waals surface area contributed by atoms with Crippen LogP contribution in [0.4, 0.5) is 0 Å². The highest BCUT2D eigenvalue weighted by molar-refractivity contribution is 6.14. The van der Waals surface area contributed by atoms with E-state index in [0.717, 1.165) is 11.3 Å². The van der Waals surface area contributed by atoms with Crippen LogP contribution in [0.15, 0.2) is 12.2 Å². The topological polar surface area (TPSA) is 63.7 Å². The summed E-state index contributed by atoms with van der Waals surface area (Å²) in [5, 5.41) is 0. The first-order valence-electron chi connectivity index (χ1n) is 7.18. The van der Waals surface area contributed by atoms with Crippen molar-refractivity contribution < 1.29 is 19.1 Å². The first-order valence-corrected chi connectivity index (χ1v) is 7.18. The zero-order chi connectivity index (χ0) is 15.3. The Hall–Kier alpha value is -1.65. The minimum absolute atomic E-state index is 0.229. The van der Waals surface area contributed by atoms with E-state index in [9.17, 15) is 14.4 Å². The molecule has 0 radical (unpaired) electrons. The van der Waals surface area contributed by atoms with E-state index in [1.54, 1.807) is 0 Å². The van der Waals surface area contributed by atoms with Gasteiger partial charge in [0.2, 0.25) is 0 Å². The van der Waals surface area contributed by atoms with Gasteiger partial charge in [0.15, 0.2) is 0 Å². The lowest BCUT2D eigenvalue weighted by Crippen LogP contribution is -2.46. The molecule has 1 heterocycles. The van der Waals surface area contributed by atoms with E-state index >= 15 is 0 Å². The van der Waals surface area contributed by atoms with Crippen molar-refractivity contribution in [1.82, 2.24) is 4.90 Å². The third-order valence-electron chi connectivity index (χ3n) is 3.74. The van der Waals surface area contributed by atoms with Crippen LogP contribution >= 0.6 is 0 Å². The van der Waals surface area contributed by atoms with E-state index in [1.807, 2.05) is 27.7 Å². The van der Waals surface area contributed by atoms with Crippen molar-refractivity contribution in [2.24, 2.45) is 5.92 Å². The van der Waals surface area contributed by atoms with Crippen LogP contribution in [0, 0.1) is 5.92 Å². The molecule has 0 bridgehead atoms. The molecule has 0 N–H and O–H groups in total. The predicted octanol–water partition coefficient (Wildman–Crippen LogP) is 2.06. The fourth-order valence-electron chi connectivity index (χ4n) is 2.05. The number of esters is 1. The van der Waals surface area contributed by atoms with Crippen molar-refractivity contribution in [3.8, 4) is 0 Å². The van der Waals surface area contributed by atoms with Gasteiger partial charge < -0.3 is 4.74 Å². The largest absolute Gasteiger partial charge is 0.461 e. The zero-order valence-electron chi connectivity index (χ0n) is 12.6. The van der Waals surface area contributed by atoms with Gasteiger partial charge in [0, 0.05) is 12.2 Å². The molecule has 112 valence electrons. The Balaban J connectivity index is 2.78. The normalized spacial score (nSPS) is 19.1. The van der Waals surface area contributed by atoms with Crippen LogP contribution in [0.1, 0.15) is 47.0 Å². The number of amides is 2. The number of carbonyl (C=O) groups is 3. The molecule has 5 heteroatoms. The summed E-state index contributed by atoms with van der Waals surface area (Å²) in [7, 11) is 0. The Morgan fingerprint density at radius 3 is 2.20 bits per heavy atom. The number of rotatable bonds is 7. The molecule has 2 amide bonds. The highest BCUT2D eigenvalue weighted by Crippen LogP contribution is 2.18. The fraction of sp³-hybridized carbons (Fsp3) is 0.667. The molecule has 0 aromatic rings. The number of nitrogens with zero attached hydrogens (tertiary/aromatic N) is 1. The number of hydrogen-bond acceptors (Lipinski definition) is 4. The van der Waals surface area contributed by atoms with E-state index < -0.39 is 23.8 Å². The Morgan fingerprint density at radius 1 is 1.20 bits per heavy atom. The van der Waals surface area contributed by atoms with Crippen LogP contribution in [0.5, 0.6) is 0 Å². The minimum atomic E-state index is -0.818. The molecule has 3 atom stereocenters. The minimum Gasteiger partial charge on any atom is -0.461 e. The van der Waals surface area contributed by atoms with E-state index in [1.165, 1.54) is 12.2 Å². The summed E-state index contributed by atoms with van der Waals surface area (Å²) >= 11 is 0. The summed E-state index contributed by atoms with van der Waals surface area (Å²) < 4.78 is 5.41. The molecule has 3 unspecified atom stereocenters. The Labute approximate surface area is 120 Å². The summed E-state index contributed by atoms with van der Waals surface area (Å²) in [6.07, 6.45) is 4.16. The van der Waals surface area contributed by atoms with Gasteiger partial charge in [0.05, 0.1) is 0 Å². The van der Waals surface area contributed by atoms with E-state index in [2.05, 4.69) is 0 Å². The zero-order valence-corrected chi connectivity index (χ0v) is 12.6. The molecule has 0 saturated carbocycles. The molecule has 0 fully saturated rings. The molecular formula is C15H23NO4. The molecule has 1 aliphatic rings. The van der Waals surface area contributed by atoms with Gasteiger partial charge in [-0.2, -0.15) is 0 Å². The van der Waals surface area contributed by atoms with Gasteiger partial charge in [-0.25, -0.2) is 4.79 Å². The molecule has 0 aromatic heterocycles. The highest BCUT2D eigenvalue weighted by Gasteiger charge is 2.37. The molecular weight excluding hydrogens is 258 g/mol. The third kappa shape index (κ3) is 3.68. The third-order valence-corrected chi connectivity index (χ3v) is 3.74. The first-order chi connectivity index (χ1) is 9.42. The average molecular weight is 281 g/mol. The monoisotopic (exact) mass is 281 g/mol. The van der Waals surface area contributed by atoms with Gasteiger partial charge in [-0.1, -0.05) is 33.6 Å². The maximum absolute atomic E-state index is 12.2. The van der Waals surface area contributed by atoms with Crippen LogP contribution in [0.2, 0.25) is 0 Å². The molecule has 5 nitrogen and oxygen atoms in total.